The Morgan fingerprint density at radius 2 is 2.08 bits per heavy atom. The maximum absolute atomic E-state index is 12.4. The summed E-state index contributed by atoms with van der Waals surface area (Å²) in [4.78, 5) is 19.5. The van der Waals surface area contributed by atoms with E-state index in [0.717, 1.165) is 57.1 Å². The first-order chi connectivity index (χ1) is 12.1. The summed E-state index contributed by atoms with van der Waals surface area (Å²) in [5, 5.41) is 10.7. The number of urea groups is 1. The molecule has 0 aromatic carbocycles. The number of rotatable bonds is 6. The fraction of sp³-hybridized carbons (Fsp3) is 0.833. The second-order valence-corrected chi connectivity index (χ2v) is 7.70. The molecule has 0 aliphatic carbocycles. The van der Waals surface area contributed by atoms with Gasteiger partial charge >= 0.3 is 6.03 Å². The Morgan fingerprint density at radius 3 is 2.84 bits per heavy atom. The van der Waals surface area contributed by atoms with Gasteiger partial charge < -0.3 is 10.6 Å². The van der Waals surface area contributed by atoms with Gasteiger partial charge in [-0.3, -0.25) is 4.90 Å². The summed E-state index contributed by atoms with van der Waals surface area (Å²) in [7, 11) is 0. The van der Waals surface area contributed by atoms with E-state index in [4.69, 9.17) is 0 Å². The van der Waals surface area contributed by atoms with Gasteiger partial charge in [-0.2, -0.15) is 5.10 Å². The number of nitrogens with zero attached hydrogens (tertiary/aromatic N) is 4. The fourth-order valence-corrected chi connectivity index (χ4v) is 3.94. The average molecular weight is 348 g/mol. The first kappa shape index (κ1) is 18.2. The van der Waals surface area contributed by atoms with Crippen LogP contribution in [0.2, 0.25) is 0 Å². The largest absolute Gasteiger partial charge is 0.337 e. The van der Waals surface area contributed by atoms with Crippen molar-refractivity contribution in [2.24, 2.45) is 5.92 Å². The zero-order valence-corrected chi connectivity index (χ0v) is 15.8. The first-order valence-electron chi connectivity index (χ1n) is 9.78. The van der Waals surface area contributed by atoms with E-state index in [0.29, 0.717) is 12.0 Å². The van der Waals surface area contributed by atoms with Crippen LogP contribution in [0, 0.1) is 5.92 Å². The summed E-state index contributed by atoms with van der Waals surface area (Å²) >= 11 is 0. The third-order valence-corrected chi connectivity index (χ3v) is 5.14. The normalized spacial score (nSPS) is 23.7. The van der Waals surface area contributed by atoms with Crippen LogP contribution in [0.5, 0.6) is 0 Å². The highest BCUT2D eigenvalue weighted by molar-refractivity contribution is 5.74. The molecule has 1 fully saturated rings. The molecule has 0 spiro atoms. The Hall–Kier alpha value is -1.63. The molecule has 2 N–H and O–H groups in total. The third kappa shape index (κ3) is 4.51. The minimum absolute atomic E-state index is 0.0307. The Kier molecular flexibility index (Phi) is 5.93. The number of hydrogen-bond acceptors (Lipinski definition) is 4. The second kappa shape index (κ2) is 8.17. The molecule has 7 heteroatoms. The van der Waals surface area contributed by atoms with Crippen molar-refractivity contribution in [3.63, 3.8) is 0 Å². The van der Waals surface area contributed by atoms with E-state index in [1.807, 2.05) is 4.68 Å². The van der Waals surface area contributed by atoms with Crippen LogP contribution in [0.4, 0.5) is 4.79 Å². The van der Waals surface area contributed by atoms with E-state index in [1.54, 1.807) is 0 Å². The average Bonchev–Trinajstić information content (AvgIpc) is 3.19. The quantitative estimate of drug-likeness (QED) is 0.825. The maximum atomic E-state index is 12.4. The highest BCUT2D eigenvalue weighted by Gasteiger charge is 2.27. The lowest BCUT2D eigenvalue weighted by molar-refractivity contribution is 0.210. The van der Waals surface area contributed by atoms with Crippen molar-refractivity contribution in [1.82, 2.24) is 30.3 Å². The Balaban J connectivity index is 1.51. The predicted octanol–water partition coefficient (Wildman–Crippen LogP) is 2.09. The molecule has 7 nitrogen and oxygen atoms in total. The van der Waals surface area contributed by atoms with Crippen LogP contribution >= 0.6 is 0 Å². The molecular formula is C18H32N6O. The summed E-state index contributed by atoms with van der Waals surface area (Å²) in [6, 6.07) is 0.350. The molecule has 1 saturated heterocycles. The zero-order valence-electron chi connectivity index (χ0n) is 15.8. The lowest BCUT2D eigenvalue weighted by Gasteiger charge is -2.27. The monoisotopic (exact) mass is 348 g/mol. The van der Waals surface area contributed by atoms with Gasteiger partial charge in [-0.25, -0.2) is 14.5 Å². The summed E-state index contributed by atoms with van der Waals surface area (Å²) in [6.45, 7) is 10.4. The van der Waals surface area contributed by atoms with Crippen molar-refractivity contribution in [1.29, 1.82) is 0 Å². The molecule has 2 amide bonds. The van der Waals surface area contributed by atoms with E-state index >= 15 is 0 Å². The number of aromatic nitrogens is 3. The van der Waals surface area contributed by atoms with Gasteiger partial charge in [0.05, 0.1) is 6.04 Å². The van der Waals surface area contributed by atoms with Crippen LogP contribution in [0.25, 0.3) is 0 Å². The second-order valence-electron chi connectivity index (χ2n) is 7.70. The van der Waals surface area contributed by atoms with Gasteiger partial charge in [-0.1, -0.05) is 20.8 Å². The number of carbonyl (C=O) groups is 1. The molecule has 1 aromatic rings. The zero-order chi connectivity index (χ0) is 17.8. The molecular weight excluding hydrogens is 316 g/mol. The summed E-state index contributed by atoms with van der Waals surface area (Å²) in [5.74, 6) is 2.43. The standard InChI is InChI=1S/C18H32N6O/c1-4-16-21-17-15(8-6-10-24(17)22-16)20-18(25)19-11-14-7-5-9-23(14)12-13(2)3/h13-15H,4-12H2,1-3H3,(H2,19,20,25)/t14-,15?/m0/s1. The lowest BCUT2D eigenvalue weighted by atomic mass is 10.1. The van der Waals surface area contributed by atoms with E-state index in [2.05, 4.69) is 46.4 Å². The van der Waals surface area contributed by atoms with Crippen molar-refractivity contribution in [3.8, 4) is 0 Å². The van der Waals surface area contributed by atoms with E-state index in [1.165, 1.54) is 12.8 Å². The number of nitrogens with one attached hydrogen (secondary N) is 2. The third-order valence-electron chi connectivity index (χ3n) is 5.14. The van der Waals surface area contributed by atoms with Gasteiger partial charge in [0.2, 0.25) is 0 Å². The van der Waals surface area contributed by atoms with Crippen molar-refractivity contribution in [3.05, 3.63) is 11.6 Å². The number of aryl methyl sites for hydroxylation is 2. The lowest BCUT2D eigenvalue weighted by Crippen LogP contribution is -2.46. The Morgan fingerprint density at radius 1 is 1.28 bits per heavy atom. The maximum Gasteiger partial charge on any atom is 0.315 e. The van der Waals surface area contributed by atoms with E-state index < -0.39 is 0 Å². The number of hydrogen-bond donors (Lipinski definition) is 2. The van der Waals surface area contributed by atoms with E-state index in [9.17, 15) is 4.79 Å². The van der Waals surface area contributed by atoms with Crippen LogP contribution < -0.4 is 10.6 Å². The number of carbonyl (C=O) groups excluding carboxylic acids is 1. The van der Waals surface area contributed by atoms with Crippen LogP contribution in [0.15, 0.2) is 0 Å². The molecule has 1 unspecified atom stereocenters. The smallest absolute Gasteiger partial charge is 0.315 e. The molecule has 2 atom stereocenters. The summed E-state index contributed by atoms with van der Waals surface area (Å²) in [5.41, 5.74) is 0. The molecule has 0 bridgehead atoms. The molecule has 2 aliphatic heterocycles. The van der Waals surface area contributed by atoms with Gasteiger partial charge in [-0.15, -0.1) is 0 Å². The van der Waals surface area contributed by atoms with Crippen LogP contribution in [0.3, 0.4) is 0 Å². The van der Waals surface area contributed by atoms with Crippen molar-refractivity contribution < 1.29 is 4.79 Å². The van der Waals surface area contributed by atoms with Gasteiger partial charge in [0.15, 0.2) is 5.82 Å². The molecule has 140 valence electrons. The highest BCUT2D eigenvalue weighted by atomic mass is 16.2. The SMILES string of the molecule is CCc1nc2n(n1)CCCC2NC(=O)NC[C@@H]1CCCN1CC(C)C. The first-order valence-corrected chi connectivity index (χ1v) is 9.78. The molecule has 3 heterocycles. The fourth-order valence-electron chi connectivity index (χ4n) is 3.94. The van der Waals surface area contributed by atoms with Crippen LogP contribution in [0.1, 0.15) is 64.1 Å². The minimum atomic E-state index is -0.0871. The highest BCUT2D eigenvalue weighted by Crippen LogP contribution is 2.23. The molecule has 2 aliphatic rings. The molecule has 0 radical (unpaired) electrons. The predicted molar refractivity (Wildman–Crippen MR) is 97.3 cm³/mol. The minimum Gasteiger partial charge on any atom is -0.337 e. The number of likely N-dealkylation sites (tertiary alicyclic amines) is 1. The topological polar surface area (TPSA) is 75.1 Å². The molecule has 25 heavy (non-hydrogen) atoms. The van der Waals surface area contributed by atoms with Gasteiger partial charge in [0, 0.05) is 32.1 Å². The van der Waals surface area contributed by atoms with Gasteiger partial charge in [0.25, 0.3) is 0 Å². The molecule has 0 saturated carbocycles. The number of fused-ring (bicyclic) bond motifs is 1. The van der Waals surface area contributed by atoms with Crippen molar-refractivity contribution in [2.75, 3.05) is 19.6 Å². The Labute approximate surface area is 150 Å². The summed E-state index contributed by atoms with van der Waals surface area (Å²) < 4.78 is 1.95. The van der Waals surface area contributed by atoms with Crippen LogP contribution in [-0.2, 0) is 13.0 Å². The van der Waals surface area contributed by atoms with Gasteiger partial charge in [-0.05, 0) is 38.1 Å². The Bertz CT molecular complexity index is 584. The molecule has 1 aromatic heterocycles. The van der Waals surface area contributed by atoms with Crippen molar-refractivity contribution >= 4 is 6.03 Å². The molecule has 3 rings (SSSR count). The van der Waals surface area contributed by atoms with Crippen molar-refractivity contribution in [2.45, 2.75) is 71.5 Å². The number of amides is 2. The summed E-state index contributed by atoms with van der Waals surface area (Å²) in [6.07, 6.45) is 5.18. The van der Waals surface area contributed by atoms with Crippen LogP contribution in [-0.4, -0.2) is 51.4 Å². The van der Waals surface area contributed by atoms with Gasteiger partial charge in [0.1, 0.15) is 5.82 Å². The van der Waals surface area contributed by atoms with E-state index in [-0.39, 0.29) is 12.1 Å².